The fraction of sp³-hybridized carbons (Fsp3) is 0.481. The minimum absolute atomic E-state index is 0.186. The summed E-state index contributed by atoms with van der Waals surface area (Å²) in [5.41, 5.74) is 4.34. The Kier molecular flexibility index (Phi) is 9.84. The normalized spacial score (nSPS) is 13.5. The van der Waals surface area contributed by atoms with Gasteiger partial charge in [0.05, 0.1) is 18.8 Å². The van der Waals surface area contributed by atoms with Crippen LogP contribution < -0.4 is 9.47 Å². The van der Waals surface area contributed by atoms with E-state index in [4.69, 9.17) is 21.1 Å². The van der Waals surface area contributed by atoms with Gasteiger partial charge in [0.25, 0.3) is 0 Å². The summed E-state index contributed by atoms with van der Waals surface area (Å²) in [5.74, 6) is 2.52. The Hall–Kier alpha value is -1.84. The van der Waals surface area contributed by atoms with Crippen LogP contribution >= 0.6 is 34.2 Å². The summed E-state index contributed by atoms with van der Waals surface area (Å²) >= 11 is 8.06. The molecule has 2 unspecified atom stereocenters. The predicted octanol–water partition coefficient (Wildman–Crippen LogP) is 5.77. The summed E-state index contributed by atoms with van der Waals surface area (Å²) in [6.07, 6.45) is 0.142. The first-order valence-electron chi connectivity index (χ1n) is 11.9. The van der Waals surface area contributed by atoms with Gasteiger partial charge in [0, 0.05) is 17.2 Å². The quantitative estimate of drug-likeness (QED) is 0.208. The molecule has 1 heterocycles. The summed E-state index contributed by atoms with van der Waals surface area (Å²) in [4.78, 5) is 0. The fourth-order valence-corrected chi connectivity index (χ4v) is 4.69. The molecule has 0 saturated carbocycles. The van der Waals surface area contributed by atoms with Crippen LogP contribution in [0.15, 0.2) is 42.5 Å². The molecule has 8 heteroatoms. The number of rotatable bonds is 12. The third-order valence-electron chi connectivity index (χ3n) is 6.21. The molecule has 0 amide bonds. The van der Waals surface area contributed by atoms with Crippen LogP contribution in [0, 0.1) is 16.5 Å². The molecule has 0 bridgehead atoms. The maximum absolute atomic E-state index is 10.4. The Morgan fingerprint density at radius 2 is 1.77 bits per heavy atom. The molecule has 0 aliphatic carbocycles. The molecule has 2 aromatic carbocycles. The lowest BCUT2D eigenvalue weighted by atomic mass is 9.77. The Labute approximate surface area is 227 Å². The van der Waals surface area contributed by atoms with E-state index in [1.807, 2.05) is 18.2 Å². The number of aliphatic hydroxyl groups is 1. The van der Waals surface area contributed by atoms with E-state index < -0.39 is 6.10 Å². The zero-order valence-corrected chi connectivity index (χ0v) is 24.0. The zero-order chi connectivity index (χ0) is 25.6. The average molecular weight is 612 g/mol. The Balaban J connectivity index is 1.61. The minimum atomic E-state index is -0.676. The van der Waals surface area contributed by atoms with Crippen LogP contribution in [0.4, 0.5) is 0 Å². The van der Waals surface area contributed by atoms with Crippen molar-refractivity contribution in [3.8, 4) is 11.5 Å². The van der Waals surface area contributed by atoms with Gasteiger partial charge in [-0.15, -0.1) is 16.7 Å². The number of hydrogen-bond donors (Lipinski definition) is 1. The molecule has 6 nitrogen and oxygen atoms in total. The number of halogens is 2. The molecule has 0 aliphatic rings. The van der Waals surface area contributed by atoms with Crippen molar-refractivity contribution in [1.29, 1.82) is 0 Å². The third-order valence-corrected chi connectivity index (χ3v) is 7.58. The standard InChI is InChI=1S/C27H35ClIN3O3/c1-6-24-26(29)30-31-32(24)15-22(33)17-34-23-10-7-20(8-11-23)27(4,5)21-9-12-25(19(3)13-21)35-16-18(2)14-28/h7-13,18,22,33H,6,14-17H2,1-5H3. The van der Waals surface area contributed by atoms with Crippen LogP contribution in [0.3, 0.4) is 0 Å². The predicted molar refractivity (Wildman–Crippen MR) is 149 cm³/mol. The van der Waals surface area contributed by atoms with E-state index in [0.717, 1.165) is 32.9 Å². The van der Waals surface area contributed by atoms with Crippen LogP contribution in [-0.2, 0) is 18.4 Å². The van der Waals surface area contributed by atoms with Crippen molar-refractivity contribution in [1.82, 2.24) is 15.0 Å². The highest BCUT2D eigenvalue weighted by Crippen LogP contribution is 2.34. The maximum Gasteiger partial charge on any atom is 0.146 e. The summed E-state index contributed by atoms with van der Waals surface area (Å²) in [5, 5.41) is 18.6. The molecule has 0 spiro atoms. The van der Waals surface area contributed by atoms with Gasteiger partial charge < -0.3 is 14.6 Å². The largest absolute Gasteiger partial charge is 0.493 e. The first kappa shape index (κ1) is 27.7. The molecule has 1 N–H and O–H groups in total. The average Bonchev–Trinajstić information content (AvgIpc) is 3.20. The number of aryl methyl sites for hydroxylation is 1. The molecule has 2 atom stereocenters. The lowest BCUT2D eigenvalue weighted by Crippen LogP contribution is -2.25. The van der Waals surface area contributed by atoms with Crippen molar-refractivity contribution in [2.45, 2.75) is 59.1 Å². The van der Waals surface area contributed by atoms with Gasteiger partial charge in [-0.3, -0.25) is 0 Å². The molecule has 35 heavy (non-hydrogen) atoms. The summed E-state index contributed by atoms with van der Waals surface area (Å²) in [7, 11) is 0. The lowest BCUT2D eigenvalue weighted by Gasteiger charge is -2.27. The molecule has 190 valence electrons. The van der Waals surface area contributed by atoms with Gasteiger partial charge in [-0.05, 0) is 70.8 Å². The second-order valence-electron chi connectivity index (χ2n) is 9.53. The highest BCUT2D eigenvalue weighted by atomic mass is 127. The molecule has 1 aromatic heterocycles. The SMILES string of the molecule is CCc1c(I)nnn1CC(O)COc1ccc(C(C)(C)c2ccc(OCC(C)CCl)c(C)c2)cc1. The van der Waals surface area contributed by atoms with E-state index >= 15 is 0 Å². The van der Waals surface area contributed by atoms with Crippen LogP contribution in [0.5, 0.6) is 11.5 Å². The molecule has 0 radical (unpaired) electrons. The van der Waals surface area contributed by atoms with Crippen molar-refractivity contribution in [2.75, 3.05) is 19.1 Å². The topological polar surface area (TPSA) is 69.4 Å². The van der Waals surface area contributed by atoms with Crippen LogP contribution in [-0.4, -0.2) is 45.3 Å². The van der Waals surface area contributed by atoms with E-state index in [9.17, 15) is 5.11 Å². The summed E-state index contributed by atoms with van der Waals surface area (Å²) in [6, 6.07) is 14.4. The highest BCUT2D eigenvalue weighted by Gasteiger charge is 2.24. The molecule has 3 rings (SSSR count). The van der Waals surface area contributed by atoms with Gasteiger partial charge in [-0.2, -0.15) is 0 Å². The number of hydrogen-bond acceptors (Lipinski definition) is 5. The minimum Gasteiger partial charge on any atom is -0.493 e. The van der Waals surface area contributed by atoms with Crippen molar-refractivity contribution >= 4 is 34.2 Å². The van der Waals surface area contributed by atoms with E-state index in [1.165, 1.54) is 11.1 Å². The van der Waals surface area contributed by atoms with E-state index in [-0.39, 0.29) is 12.0 Å². The Bertz CT molecular complexity index is 1100. The maximum atomic E-state index is 10.4. The third kappa shape index (κ3) is 7.11. The first-order valence-corrected chi connectivity index (χ1v) is 13.6. The molecule has 0 saturated heterocycles. The van der Waals surface area contributed by atoms with Crippen molar-refractivity contribution in [3.63, 3.8) is 0 Å². The highest BCUT2D eigenvalue weighted by molar-refractivity contribution is 14.1. The van der Waals surface area contributed by atoms with Gasteiger partial charge in [0.1, 0.15) is 27.9 Å². The van der Waals surface area contributed by atoms with Gasteiger partial charge in [-0.25, -0.2) is 4.68 Å². The summed E-state index contributed by atoms with van der Waals surface area (Å²) in [6.45, 7) is 11.8. The van der Waals surface area contributed by atoms with Crippen molar-refractivity contribution in [2.24, 2.45) is 5.92 Å². The molecule has 0 aliphatic heterocycles. The van der Waals surface area contributed by atoms with Gasteiger partial charge in [0.15, 0.2) is 0 Å². The summed E-state index contributed by atoms with van der Waals surface area (Å²) < 4.78 is 14.4. The first-order chi connectivity index (χ1) is 16.6. The number of aliphatic hydroxyl groups excluding tert-OH is 1. The number of benzene rings is 2. The lowest BCUT2D eigenvalue weighted by molar-refractivity contribution is 0.0880. The van der Waals surface area contributed by atoms with Crippen LogP contribution in [0.25, 0.3) is 0 Å². The second kappa shape index (κ2) is 12.4. The molecular weight excluding hydrogens is 577 g/mol. The van der Waals surface area contributed by atoms with E-state index in [1.54, 1.807) is 4.68 Å². The monoisotopic (exact) mass is 611 g/mol. The van der Waals surface area contributed by atoms with Crippen LogP contribution in [0.1, 0.15) is 50.1 Å². The molecule has 3 aromatic rings. The molecular formula is C27H35ClIN3O3. The Morgan fingerprint density at radius 1 is 1.09 bits per heavy atom. The number of aromatic nitrogens is 3. The second-order valence-corrected chi connectivity index (χ2v) is 10.9. The van der Waals surface area contributed by atoms with Crippen molar-refractivity contribution < 1.29 is 14.6 Å². The Morgan fingerprint density at radius 3 is 2.40 bits per heavy atom. The van der Waals surface area contributed by atoms with E-state index in [2.05, 4.69) is 91.8 Å². The van der Waals surface area contributed by atoms with Crippen LogP contribution in [0.2, 0.25) is 0 Å². The van der Waals surface area contributed by atoms with Crippen molar-refractivity contribution in [3.05, 3.63) is 68.5 Å². The number of nitrogens with zero attached hydrogens (tertiary/aromatic N) is 3. The van der Waals surface area contributed by atoms with E-state index in [0.29, 0.717) is 24.9 Å². The number of alkyl halides is 1. The fourth-order valence-electron chi connectivity index (χ4n) is 3.84. The van der Waals surface area contributed by atoms with Gasteiger partial charge in [-0.1, -0.05) is 57.2 Å². The van der Waals surface area contributed by atoms with Gasteiger partial charge >= 0.3 is 0 Å². The molecule has 0 fully saturated rings. The number of ether oxygens (including phenoxy) is 2. The van der Waals surface area contributed by atoms with Gasteiger partial charge in [0.2, 0.25) is 0 Å². The smallest absolute Gasteiger partial charge is 0.146 e. The zero-order valence-electron chi connectivity index (χ0n) is 21.1.